The van der Waals surface area contributed by atoms with Gasteiger partial charge in [-0.1, -0.05) is 0 Å². The lowest BCUT2D eigenvalue weighted by molar-refractivity contribution is 0.208. The average Bonchev–Trinajstić information content (AvgIpc) is 3.33. The van der Waals surface area contributed by atoms with Crippen LogP contribution in [0.2, 0.25) is 0 Å². The quantitative estimate of drug-likeness (QED) is 0.617. The molecule has 0 radical (unpaired) electrons. The first-order chi connectivity index (χ1) is 13.6. The smallest absolute Gasteiger partial charge is 0.158 e. The number of rotatable bonds is 5. The summed E-state index contributed by atoms with van der Waals surface area (Å²) in [5.41, 5.74) is 8.56. The van der Waals surface area contributed by atoms with Crippen molar-refractivity contribution in [1.29, 1.82) is 5.26 Å². The molecule has 1 fully saturated rings. The van der Waals surface area contributed by atoms with Gasteiger partial charge in [-0.05, 0) is 38.3 Å². The van der Waals surface area contributed by atoms with Crippen LogP contribution in [-0.2, 0) is 0 Å². The maximum atomic E-state index is 8.80. The van der Waals surface area contributed by atoms with E-state index in [1.807, 2.05) is 31.2 Å². The Bertz CT molecular complexity index is 1010. The third kappa shape index (κ3) is 3.92. The summed E-state index contributed by atoms with van der Waals surface area (Å²) in [6.45, 7) is 1.93. The molecule has 28 heavy (non-hydrogen) atoms. The van der Waals surface area contributed by atoms with Crippen molar-refractivity contribution in [2.45, 2.75) is 38.3 Å². The number of nitriles is 1. The fourth-order valence-corrected chi connectivity index (χ4v) is 3.18. The lowest BCUT2D eigenvalue weighted by Gasteiger charge is -2.16. The van der Waals surface area contributed by atoms with Gasteiger partial charge in [0, 0.05) is 17.8 Å². The highest BCUT2D eigenvalue weighted by Crippen LogP contribution is 2.32. The molecule has 4 rings (SSSR count). The molecule has 3 aromatic rings. The largest absolute Gasteiger partial charge is 0.488 e. The second-order valence-electron chi connectivity index (χ2n) is 6.80. The molecule has 0 bridgehead atoms. The summed E-state index contributed by atoms with van der Waals surface area (Å²) >= 11 is 0. The van der Waals surface area contributed by atoms with E-state index in [0.717, 1.165) is 30.7 Å². The van der Waals surface area contributed by atoms with Crippen LogP contribution in [0.25, 0.3) is 11.4 Å². The van der Waals surface area contributed by atoms with E-state index in [1.54, 1.807) is 0 Å². The number of pyridine rings is 1. The van der Waals surface area contributed by atoms with Gasteiger partial charge >= 0.3 is 0 Å². The highest BCUT2D eigenvalue weighted by molar-refractivity contribution is 5.67. The number of nitrogens with two attached hydrogens (primary N) is 1. The third-order valence-electron chi connectivity index (χ3n) is 4.57. The van der Waals surface area contributed by atoms with Crippen molar-refractivity contribution < 1.29 is 4.74 Å². The molecule has 3 heterocycles. The minimum Gasteiger partial charge on any atom is -0.488 e. The lowest BCUT2D eigenvalue weighted by Crippen LogP contribution is -2.19. The third-order valence-corrected chi connectivity index (χ3v) is 4.57. The number of hydrogen-bond acceptors (Lipinski definition) is 8. The van der Waals surface area contributed by atoms with Gasteiger partial charge in [-0.25, -0.2) is 15.0 Å². The summed E-state index contributed by atoms with van der Waals surface area (Å²) in [6.07, 6.45) is 5.75. The highest BCUT2D eigenvalue weighted by atomic mass is 16.5. The van der Waals surface area contributed by atoms with Crippen molar-refractivity contribution >= 4 is 11.6 Å². The highest BCUT2D eigenvalue weighted by Gasteiger charge is 2.25. The predicted octanol–water partition coefficient (Wildman–Crippen LogP) is 2.44. The van der Waals surface area contributed by atoms with Crippen molar-refractivity contribution in [3.63, 3.8) is 0 Å². The Kier molecular flexibility index (Phi) is 4.87. The zero-order valence-electron chi connectivity index (χ0n) is 15.4. The Balaban J connectivity index is 1.55. The summed E-state index contributed by atoms with van der Waals surface area (Å²) in [5, 5.41) is 19.1. The molecule has 0 spiro atoms. The first-order valence-electron chi connectivity index (χ1n) is 9.05. The van der Waals surface area contributed by atoms with Gasteiger partial charge in [0.05, 0.1) is 18.1 Å². The average molecular weight is 376 g/mol. The number of nitrogens with zero attached hydrogens (tertiary/aromatic N) is 5. The second-order valence-corrected chi connectivity index (χ2v) is 6.80. The van der Waals surface area contributed by atoms with E-state index >= 15 is 0 Å². The fraction of sp³-hybridized carbons (Fsp3) is 0.316. The normalized spacial score (nSPS) is 18.6. The van der Waals surface area contributed by atoms with Crippen molar-refractivity contribution in [1.82, 2.24) is 25.1 Å². The maximum absolute atomic E-state index is 8.80. The molecule has 1 aliphatic rings. The molecule has 2 atom stereocenters. The van der Waals surface area contributed by atoms with Crippen LogP contribution >= 0.6 is 0 Å². The van der Waals surface area contributed by atoms with Crippen LogP contribution in [0.5, 0.6) is 5.75 Å². The minimum atomic E-state index is 0.104. The molecule has 0 aromatic carbocycles. The Hall–Kier alpha value is -3.51. The molecule has 0 saturated heterocycles. The van der Waals surface area contributed by atoms with Crippen LogP contribution < -0.4 is 15.8 Å². The van der Waals surface area contributed by atoms with Gasteiger partial charge in [-0.2, -0.15) is 10.4 Å². The minimum absolute atomic E-state index is 0.104. The Labute approximate surface area is 162 Å². The molecule has 1 aliphatic carbocycles. The summed E-state index contributed by atoms with van der Waals surface area (Å²) in [6, 6.07) is 7.82. The summed E-state index contributed by atoms with van der Waals surface area (Å²) in [7, 11) is 0. The van der Waals surface area contributed by atoms with Gasteiger partial charge < -0.3 is 15.8 Å². The molecule has 9 nitrogen and oxygen atoms in total. The van der Waals surface area contributed by atoms with Crippen molar-refractivity contribution in [2.24, 2.45) is 5.73 Å². The zero-order chi connectivity index (χ0) is 19.5. The van der Waals surface area contributed by atoms with Gasteiger partial charge in [0.25, 0.3) is 0 Å². The Morgan fingerprint density at radius 3 is 2.86 bits per heavy atom. The van der Waals surface area contributed by atoms with E-state index in [4.69, 9.17) is 15.7 Å². The number of aromatic nitrogens is 5. The van der Waals surface area contributed by atoms with Crippen molar-refractivity contribution in [3.05, 3.63) is 42.0 Å². The van der Waals surface area contributed by atoms with Gasteiger partial charge in [0.15, 0.2) is 11.5 Å². The second kappa shape index (κ2) is 7.62. The van der Waals surface area contributed by atoms with Crippen LogP contribution in [-0.4, -0.2) is 37.3 Å². The molecular weight excluding hydrogens is 356 g/mol. The van der Waals surface area contributed by atoms with E-state index in [2.05, 4.69) is 30.5 Å². The number of aryl methyl sites for hydroxylation is 1. The Morgan fingerprint density at radius 2 is 2.14 bits per heavy atom. The van der Waals surface area contributed by atoms with E-state index < -0.39 is 0 Å². The first kappa shape index (κ1) is 17.9. The van der Waals surface area contributed by atoms with Crippen LogP contribution in [0.1, 0.15) is 30.7 Å². The summed E-state index contributed by atoms with van der Waals surface area (Å²) < 4.78 is 6.18. The summed E-state index contributed by atoms with van der Waals surface area (Å²) in [4.78, 5) is 12.7. The van der Waals surface area contributed by atoms with E-state index in [1.165, 1.54) is 12.4 Å². The maximum Gasteiger partial charge on any atom is 0.158 e. The number of H-pyrrole nitrogens is 1. The van der Waals surface area contributed by atoms with Gasteiger partial charge in [-0.15, -0.1) is 0 Å². The molecular formula is C19H20N8O. The molecule has 4 N–H and O–H groups in total. The van der Waals surface area contributed by atoms with Crippen LogP contribution in [0.4, 0.5) is 11.6 Å². The van der Waals surface area contributed by atoms with Crippen molar-refractivity contribution in [3.8, 4) is 23.2 Å². The molecule has 1 saturated carbocycles. The number of anilines is 2. The number of aromatic amines is 1. The SMILES string of the molecule is Cc1ccc(O[C@H]2CC[C@H](N)C2)c(-c2cc(Nc3cnc(C#N)cn3)n[nH]2)n1. The van der Waals surface area contributed by atoms with Crippen LogP contribution in [0, 0.1) is 18.3 Å². The summed E-state index contributed by atoms with van der Waals surface area (Å²) in [5.74, 6) is 1.76. The predicted molar refractivity (Wildman–Crippen MR) is 103 cm³/mol. The van der Waals surface area contributed by atoms with E-state index in [9.17, 15) is 0 Å². The fourth-order valence-electron chi connectivity index (χ4n) is 3.18. The Morgan fingerprint density at radius 1 is 1.25 bits per heavy atom. The van der Waals surface area contributed by atoms with Crippen LogP contribution in [0.3, 0.4) is 0 Å². The lowest BCUT2D eigenvalue weighted by atomic mass is 10.2. The van der Waals surface area contributed by atoms with E-state index in [0.29, 0.717) is 23.1 Å². The number of hydrogen-bond donors (Lipinski definition) is 3. The molecule has 0 aliphatic heterocycles. The van der Waals surface area contributed by atoms with Gasteiger partial charge in [-0.3, -0.25) is 5.10 Å². The van der Waals surface area contributed by atoms with Gasteiger partial charge in [0.1, 0.15) is 29.4 Å². The van der Waals surface area contributed by atoms with Crippen LogP contribution in [0.15, 0.2) is 30.6 Å². The molecule has 0 amide bonds. The number of ether oxygens (including phenoxy) is 1. The number of nitrogens with one attached hydrogen (secondary N) is 2. The van der Waals surface area contributed by atoms with Gasteiger partial charge in [0.2, 0.25) is 0 Å². The molecule has 0 unspecified atom stereocenters. The molecule has 142 valence electrons. The standard InChI is InChI=1S/C19H20N8O/c1-11-2-5-16(28-14-4-3-12(21)6-14)19(24-11)15-7-17(27-26-15)25-18-10-22-13(8-20)9-23-18/h2,5,7,9-10,12,14H,3-4,6,21H2,1H3,(H2,23,25,26,27)/t12-,14-/m0/s1. The van der Waals surface area contributed by atoms with Crippen molar-refractivity contribution in [2.75, 3.05) is 5.32 Å². The zero-order valence-corrected chi connectivity index (χ0v) is 15.4. The monoisotopic (exact) mass is 376 g/mol. The van der Waals surface area contributed by atoms with E-state index in [-0.39, 0.29) is 17.8 Å². The topological polar surface area (TPSA) is 138 Å². The first-order valence-corrected chi connectivity index (χ1v) is 9.05. The molecule has 9 heteroatoms. The molecule has 3 aromatic heterocycles.